The minimum absolute atomic E-state index is 0.00327. The summed E-state index contributed by atoms with van der Waals surface area (Å²) in [4.78, 5) is 0. The third-order valence-corrected chi connectivity index (χ3v) is 7.28. The molecule has 0 saturated heterocycles. The van der Waals surface area contributed by atoms with Crippen molar-refractivity contribution < 1.29 is 15.3 Å². The van der Waals surface area contributed by atoms with Crippen LogP contribution in [0.1, 0.15) is 68.6 Å². The molecule has 3 N–H and O–H groups in total. The molecule has 2 aromatic carbocycles. The van der Waals surface area contributed by atoms with Gasteiger partial charge in [0.05, 0.1) is 5.60 Å². The van der Waals surface area contributed by atoms with Gasteiger partial charge in [0.2, 0.25) is 0 Å². The van der Waals surface area contributed by atoms with Gasteiger partial charge in [0.25, 0.3) is 0 Å². The fourth-order valence-corrected chi connectivity index (χ4v) is 5.79. The summed E-state index contributed by atoms with van der Waals surface area (Å²) < 4.78 is 0. The summed E-state index contributed by atoms with van der Waals surface area (Å²) in [6, 6.07) is 13.4. The van der Waals surface area contributed by atoms with Crippen LogP contribution in [0.15, 0.2) is 42.5 Å². The van der Waals surface area contributed by atoms with Gasteiger partial charge >= 0.3 is 0 Å². The number of hydrogen-bond acceptors (Lipinski definition) is 3. The van der Waals surface area contributed by atoms with Crippen LogP contribution in [-0.4, -0.2) is 20.9 Å². The van der Waals surface area contributed by atoms with Gasteiger partial charge in [-0.15, -0.1) is 0 Å². The number of benzene rings is 2. The van der Waals surface area contributed by atoms with Gasteiger partial charge in [0.1, 0.15) is 11.5 Å². The molecule has 0 radical (unpaired) electrons. The van der Waals surface area contributed by atoms with Gasteiger partial charge in [-0.3, -0.25) is 0 Å². The van der Waals surface area contributed by atoms with Crippen molar-refractivity contribution >= 4 is 0 Å². The number of phenolic OH excluding ortho intramolecular Hbond substituents is 2. The minimum Gasteiger partial charge on any atom is -0.508 e. The van der Waals surface area contributed by atoms with Crippen molar-refractivity contribution in [2.45, 2.75) is 75.7 Å². The van der Waals surface area contributed by atoms with E-state index in [2.05, 4.69) is 13.0 Å². The second-order valence-corrected chi connectivity index (χ2v) is 9.11. The Kier molecular flexibility index (Phi) is 5.13. The van der Waals surface area contributed by atoms with E-state index in [9.17, 15) is 15.3 Å². The summed E-state index contributed by atoms with van der Waals surface area (Å²) >= 11 is 0. The van der Waals surface area contributed by atoms with Crippen LogP contribution in [0.25, 0.3) is 0 Å². The number of rotatable bonds is 5. The lowest BCUT2D eigenvalue weighted by Crippen LogP contribution is -2.51. The van der Waals surface area contributed by atoms with Gasteiger partial charge in [-0.25, -0.2) is 0 Å². The lowest BCUT2D eigenvalue weighted by Gasteiger charge is -2.53. The molecule has 2 aliphatic rings. The van der Waals surface area contributed by atoms with Crippen molar-refractivity contribution in [3.05, 3.63) is 59.2 Å². The van der Waals surface area contributed by atoms with E-state index in [-0.39, 0.29) is 5.41 Å². The molecule has 0 spiro atoms. The van der Waals surface area contributed by atoms with Crippen molar-refractivity contribution in [1.82, 2.24) is 0 Å². The first-order valence-electron chi connectivity index (χ1n) is 10.8. The molecule has 150 valence electrons. The Balaban J connectivity index is 1.72. The van der Waals surface area contributed by atoms with E-state index in [1.54, 1.807) is 12.1 Å². The van der Waals surface area contributed by atoms with Crippen LogP contribution >= 0.6 is 0 Å². The van der Waals surface area contributed by atoms with Gasteiger partial charge in [0.15, 0.2) is 0 Å². The van der Waals surface area contributed by atoms with Gasteiger partial charge in [-0.1, -0.05) is 38.0 Å². The number of phenols is 2. The van der Waals surface area contributed by atoms with Gasteiger partial charge in [-0.2, -0.15) is 0 Å². The van der Waals surface area contributed by atoms with Crippen molar-refractivity contribution in [2.24, 2.45) is 5.92 Å². The molecule has 1 unspecified atom stereocenters. The van der Waals surface area contributed by atoms with Crippen LogP contribution in [-0.2, 0) is 18.3 Å². The molecule has 0 amide bonds. The van der Waals surface area contributed by atoms with Crippen molar-refractivity contribution in [1.29, 1.82) is 0 Å². The summed E-state index contributed by atoms with van der Waals surface area (Å²) in [5.74, 6) is 1.07. The van der Waals surface area contributed by atoms with E-state index in [4.69, 9.17) is 0 Å². The molecule has 0 aromatic heterocycles. The Morgan fingerprint density at radius 1 is 1.00 bits per heavy atom. The molecule has 1 saturated carbocycles. The second-order valence-electron chi connectivity index (χ2n) is 9.11. The highest BCUT2D eigenvalue weighted by Gasteiger charge is 2.51. The van der Waals surface area contributed by atoms with Crippen LogP contribution in [0, 0.1) is 5.92 Å². The second kappa shape index (κ2) is 7.44. The average molecular weight is 381 g/mol. The number of unbranched alkanes of at least 4 members (excludes halogenated alkanes) is 1. The Hall–Kier alpha value is -2.00. The Morgan fingerprint density at radius 2 is 1.75 bits per heavy atom. The molecule has 0 bridgehead atoms. The lowest BCUT2D eigenvalue weighted by molar-refractivity contribution is -0.0573. The van der Waals surface area contributed by atoms with Crippen LogP contribution in [0.3, 0.4) is 0 Å². The predicted molar refractivity (Wildman–Crippen MR) is 112 cm³/mol. The zero-order valence-corrected chi connectivity index (χ0v) is 16.8. The van der Waals surface area contributed by atoms with Gasteiger partial charge in [0, 0.05) is 5.41 Å². The minimum atomic E-state index is -0.534. The largest absolute Gasteiger partial charge is 0.508 e. The third-order valence-electron chi connectivity index (χ3n) is 7.28. The molecule has 3 nitrogen and oxygen atoms in total. The number of aromatic hydroxyl groups is 2. The van der Waals surface area contributed by atoms with E-state index in [0.717, 1.165) is 57.8 Å². The molecular weight excluding hydrogens is 348 g/mol. The first-order chi connectivity index (χ1) is 13.4. The zero-order chi connectivity index (χ0) is 19.8. The normalized spacial score (nSPS) is 29.1. The number of hydrogen-bond donors (Lipinski definition) is 3. The van der Waals surface area contributed by atoms with Crippen molar-refractivity contribution in [3.63, 3.8) is 0 Å². The molecule has 2 aliphatic carbocycles. The van der Waals surface area contributed by atoms with Crippen LogP contribution in [0.4, 0.5) is 0 Å². The van der Waals surface area contributed by atoms with Crippen molar-refractivity contribution in [3.8, 4) is 11.5 Å². The Bertz CT molecular complexity index is 828. The standard InChI is InChI=1S/C25H32O3/c1-2-3-12-24(28)13-14-25(16-18-4-8-21(26)9-5-18)20(17-24)7-6-19-15-22(27)10-11-23(19)25/h4-5,8-11,15,20,26-28H,2-3,6-7,12-14,16-17H2,1H3/t20-,24?,25-/m0/s1. The van der Waals surface area contributed by atoms with Gasteiger partial charge < -0.3 is 15.3 Å². The fraction of sp³-hybridized carbons (Fsp3) is 0.520. The van der Waals surface area contributed by atoms with E-state index in [1.807, 2.05) is 24.3 Å². The summed E-state index contributed by atoms with van der Waals surface area (Å²) in [5.41, 5.74) is 3.30. The SMILES string of the molecule is CCCCC1(O)CC[C@@]2(Cc3ccc(O)cc3)c3ccc(O)cc3CC[C@H]2C1. The molecule has 3 heteroatoms. The van der Waals surface area contributed by atoms with Crippen LogP contribution in [0.2, 0.25) is 0 Å². The lowest BCUT2D eigenvalue weighted by atomic mass is 9.52. The molecule has 3 atom stereocenters. The molecule has 4 rings (SSSR count). The Labute approximate surface area is 168 Å². The highest BCUT2D eigenvalue weighted by atomic mass is 16.3. The van der Waals surface area contributed by atoms with Gasteiger partial charge in [-0.05, 0) is 91.8 Å². The number of fused-ring (bicyclic) bond motifs is 3. The molecule has 0 heterocycles. The number of aryl methyl sites for hydroxylation is 1. The summed E-state index contributed by atoms with van der Waals surface area (Å²) in [6.07, 6.45) is 8.71. The molecule has 28 heavy (non-hydrogen) atoms. The maximum Gasteiger partial charge on any atom is 0.115 e. The quantitative estimate of drug-likeness (QED) is 0.664. The number of aliphatic hydroxyl groups is 1. The van der Waals surface area contributed by atoms with E-state index >= 15 is 0 Å². The van der Waals surface area contributed by atoms with E-state index in [0.29, 0.717) is 17.4 Å². The van der Waals surface area contributed by atoms with E-state index < -0.39 is 5.60 Å². The topological polar surface area (TPSA) is 60.7 Å². The summed E-state index contributed by atoms with van der Waals surface area (Å²) in [5, 5.41) is 30.9. The molecular formula is C25H32O3. The molecule has 2 aromatic rings. The Morgan fingerprint density at radius 3 is 2.50 bits per heavy atom. The predicted octanol–water partition coefficient (Wildman–Crippen LogP) is 5.25. The maximum atomic E-state index is 11.3. The zero-order valence-electron chi connectivity index (χ0n) is 16.8. The smallest absolute Gasteiger partial charge is 0.115 e. The molecule has 1 fully saturated rings. The van der Waals surface area contributed by atoms with Crippen LogP contribution in [0.5, 0.6) is 11.5 Å². The van der Waals surface area contributed by atoms with Crippen LogP contribution < -0.4 is 0 Å². The first kappa shape index (κ1) is 19.3. The first-order valence-corrected chi connectivity index (χ1v) is 10.8. The average Bonchev–Trinajstić information content (AvgIpc) is 2.68. The molecule has 0 aliphatic heterocycles. The highest BCUT2D eigenvalue weighted by molar-refractivity contribution is 5.44. The summed E-state index contributed by atoms with van der Waals surface area (Å²) in [6.45, 7) is 2.19. The fourth-order valence-electron chi connectivity index (χ4n) is 5.79. The van der Waals surface area contributed by atoms with E-state index in [1.165, 1.54) is 16.7 Å². The highest BCUT2D eigenvalue weighted by Crippen LogP contribution is 2.55. The third kappa shape index (κ3) is 3.53. The summed E-state index contributed by atoms with van der Waals surface area (Å²) in [7, 11) is 0. The van der Waals surface area contributed by atoms with Crippen molar-refractivity contribution in [2.75, 3.05) is 0 Å². The maximum absolute atomic E-state index is 11.3. The monoisotopic (exact) mass is 380 g/mol.